The molecule has 0 aromatic heterocycles. The highest BCUT2D eigenvalue weighted by atomic mass is 16.2. The van der Waals surface area contributed by atoms with Gasteiger partial charge in [0, 0.05) is 18.0 Å². The lowest BCUT2D eigenvalue weighted by Crippen LogP contribution is -2.45. The van der Waals surface area contributed by atoms with Gasteiger partial charge in [0.25, 0.3) is 5.91 Å². The third kappa shape index (κ3) is 3.27. The predicted molar refractivity (Wildman–Crippen MR) is 90.1 cm³/mol. The summed E-state index contributed by atoms with van der Waals surface area (Å²) in [7, 11) is 0. The number of benzene rings is 1. The zero-order valence-electron chi connectivity index (χ0n) is 13.6. The zero-order chi connectivity index (χ0) is 17.1. The largest absolute Gasteiger partial charge is 0.370 e. The van der Waals surface area contributed by atoms with Gasteiger partial charge in [0.05, 0.1) is 0 Å². The maximum atomic E-state index is 12.5. The van der Waals surface area contributed by atoms with E-state index in [0.29, 0.717) is 5.69 Å². The quantitative estimate of drug-likeness (QED) is 0.811. The molecule has 2 unspecified atom stereocenters. The molecule has 0 radical (unpaired) electrons. The molecule has 2 fully saturated rings. The number of nitrogens with zero attached hydrogens (tertiary/aromatic N) is 1. The van der Waals surface area contributed by atoms with Crippen LogP contribution in [0.15, 0.2) is 30.3 Å². The molecule has 1 aromatic carbocycles. The topological polar surface area (TPSA) is 92.5 Å². The van der Waals surface area contributed by atoms with Crippen LogP contribution in [0.5, 0.6) is 0 Å². The van der Waals surface area contributed by atoms with E-state index in [1.165, 1.54) is 11.3 Å². The highest BCUT2D eigenvalue weighted by molar-refractivity contribution is 6.14. The van der Waals surface area contributed by atoms with Crippen LogP contribution in [0.25, 0.3) is 0 Å². The van der Waals surface area contributed by atoms with Gasteiger partial charge in [0.2, 0.25) is 5.91 Å². The van der Waals surface area contributed by atoms with Crippen LogP contribution in [0.1, 0.15) is 38.5 Å². The van der Waals surface area contributed by atoms with Crippen molar-refractivity contribution in [1.29, 1.82) is 0 Å². The molecule has 3 N–H and O–H groups in total. The maximum absolute atomic E-state index is 12.5. The molecule has 1 saturated carbocycles. The average molecular weight is 329 g/mol. The molecule has 6 heteroatoms. The highest BCUT2D eigenvalue weighted by Gasteiger charge is 2.47. The Morgan fingerprint density at radius 2 is 1.83 bits per heavy atom. The van der Waals surface area contributed by atoms with Gasteiger partial charge >= 0.3 is 6.03 Å². The first-order chi connectivity index (χ1) is 11.6. The second-order valence-corrected chi connectivity index (χ2v) is 6.68. The lowest BCUT2D eigenvalue weighted by Gasteiger charge is -2.35. The van der Waals surface area contributed by atoms with Crippen molar-refractivity contribution >= 4 is 23.5 Å². The van der Waals surface area contributed by atoms with E-state index < -0.39 is 18.0 Å². The molecule has 1 aromatic rings. The SMILES string of the molecule is NC(=O)CC(C1CCCCC1)C1C(=O)NC(=O)N1c1ccccc1. The van der Waals surface area contributed by atoms with Crippen LogP contribution in [-0.4, -0.2) is 23.9 Å². The number of urea groups is 1. The maximum Gasteiger partial charge on any atom is 0.329 e. The van der Waals surface area contributed by atoms with Gasteiger partial charge in [-0.05, 0) is 18.1 Å². The summed E-state index contributed by atoms with van der Waals surface area (Å²) < 4.78 is 0. The molecule has 24 heavy (non-hydrogen) atoms. The van der Waals surface area contributed by atoms with E-state index in [-0.39, 0.29) is 24.2 Å². The summed E-state index contributed by atoms with van der Waals surface area (Å²) in [4.78, 5) is 38.0. The minimum Gasteiger partial charge on any atom is -0.370 e. The number of amides is 4. The number of hydrogen-bond acceptors (Lipinski definition) is 3. The zero-order valence-corrected chi connectivity index (χ0v) is 13.6. The second kappa shape index (κ2) is 7.03. The molecular weight excluding hydrogens is 306 g/mol. The first-order valence-electron chi connectivity index (χ1n) is 8.55. The lowest BCUT2D eigenvalue weighted by atomic mass is 9.74. The van der Waals surface area contributed by atoms with Gasteiger partial charge in [-0.1, -0.05) is 50.3 Å². The monoisotopic (exact) mass is 329 g/mol. The van der Waals surface area contributed by atoms with E-state index in [9.17, 15) is 14.4 Å². The molecule has 0 bridgehead atoms. The Kier molecular flexibility index (Phi) is 4.83. The van der Waals surface area contributed by atoms with Gasteiger partial charge in [0.1, 0.15) is 6.04 Å². The molecule has 0 spiro atoms. The summed E-state index contributed by atoms with van der Waals surface area (Å²) in [5, 5.41) is 2.40. The molecule has 4 amide bonds. The van der Waals surface area contributed by atoms with Crippen LogP contribution >= 0.6 is 0 Å². The molecule has 1 aliphatic carbocycles. The van der Waals surface area contributed by atoms with Crippen molar-refractivity contribution in [2.24, 2.45) is 17.6 Å². The van der Waals surface area contributed by atoms with Crippen LogP contribution in [0.2, 0.25) is 0 Å². The summed E-state index contributed by atoms with van der Waals surface area (Å²) in [6.45, 7) is 0. The minimum absolute atomic E-state index is 0.124. The van der Waals surface area contributed by atoms with Gasteiger partial charge in [0.15, 0.2) is 0 Å². The number of nitrogens with one attached hydrogen (secondary N) is 1. The number of primary amides is 1. The van der Waals surface area contributed by atoms with Crippen LogP contribution < -0.4 is 16.0 Å². The van der Waals surface area contributed by atoms with Crippen molar-refractivity contribution in [3.8, 4) is 0 Å². The summed E-state index contributed by atoms with van der Waals surface area (Å²) in [5.41, 5.74) is 6.12. The Balaban J connectivity index is 1.94. The van der Waals surface area contributed by atoms with E-state index in [2.05, 4.69) is 5.32 Å². The van der Waals surface area contributed by atoms with Crippen molar-refractivity contribution in [3.63, 3.8) is 0 Å². The van der Waals surface area contributed by atoms with E-state index in [4.69, 9.17) is 5.73 Å². The first kappa shape index (κ1) is 16.5. The van der Waals surface area contributed by atoms with Gasteiger partial charge in [-0.15, -0.1) is 0 Å². The minimum atomic E-state index is -0.671. The third-order valence-corrected chi connectivity index (χ3v) is 5.13. The van der Waals surface area contributed by atoms with E-state index >= 15 is 0 Å². The smallest absolute Gasteiger partial charge is 0.329 e. The fraction of sp³-hybridized carbons (Fsp3) is 0.500. The number of carbonyl (C=O) groups excluding carboxylic acids is 3. The van der Waals surface area contributed by atoms with Crippen LogP contribution in [0.4, 0.5) is 10.5 Å². The number of anilines is 1. The number of hydrogen-bond donors (Lipinski definition) is 2. The fourth-order valence-electron chi connectivity index (χ4n) is 4.07. The van der Waals surface area contributed by atoms with Gasteiger partial charge in [-0.2, -0.15) is 0 Å². The van der Waals surface area contributed by atoms with E-state index in [1.807, 2.05) is 18.2 Å². The number of imide groups is 1. The fourth-order valence-corrected chi connectivity index (χ4v) is 4.07. The predicted octanol–water partition coefficient (Wildman–Crippen LogP) is 2.18. The Labute approximate surface area is 141 Å². The van der Waals surface area contributed by atoms with Gasteiger partial charge in [-0.3, -0.25) is 19.8 Å². The van der Waals surface area contributed by atoms with Crippen LogP contribution in [0.3, 0.4) is 0 Å². The average Bonchev–Trinajstić information content (AvgIpc) is 2.88. The van der Waals surface area contributed by atoms with E-state index in [1.54, 1.807) is 12.1 Å². The van der Waals surface area contributed by atoms with Gasteiger partial charge in [-0.25, -0.2) is 4.79 Å². The molecular formula is C18H23N3O3. The van der Waals surface area contributed by atoms with Crippen LogP contribution in [0, 0.1) is 11.8 Å². The van der Waals surface area contributed by atoms with Crippen molar-refractivity contribution in [2.45, 2.75) is 44.6 Å². The molecule has 6 nitrogen and oxygen atoms in total. The Bertz CT molecular complexity index is 626. The Hall–Kier alpha value is -2.37. The number of carbonyl (C=O) groups is 3. The number of rotatable bonds is 5. The van der Waals surface area contributed by atoms with Crippen molar-refractivity contribution in [1.82, 2.24) is 5.32 Å². The van der Waals surface area contributed by atoms with Crippen molar-refractivity contribution < 1.29 is 14.4 Å². The van der Waals surface area contributed by atoms with Crippen LogP contribution in [-0.2, 0) is 9.59 Å². The number of para-hydroxylation sites is 1. The number of nitrogens with two attached hydrogens (primary N) is 1. The second-order valence-electron chi connectivity index (χ2n) is 6.68. The van der Waals surface area contributed by atoms with Crippen molar-refractivity contribution in [3.05, 3.63) is 30.3 Å². The standard InChI is InChI=1S/C18H23N3O3/c19-15(22)11-14(12-7-3-1-4-8-12)16-17(23)20-18(24)21(16)13-9-5-2-6-10-13/h2,5-6,9-10,12,14,16H,1,3-4,7-8,11H2,(H2,19,22)(H,20,23,24). The molecule has 3 rings (SSSR count). The third-order valence-electron chi connectivity index (χ3n) is 5.13. The van der Waals surface area contributed by atoms with E-state index in [0.717, 1.165) is 25.7 Å². The normalized spacial score (nSPS) is 23.2. The molecule has 1 aliphatic heterocycles. The summed E-state index contributed by atoms with van der Waals surface area (Å²) >= 11 is 0. The van der Waals surface area contributed by atoms with Gasteiger partial charge < -0.3 is 5.73 Å². The lowest BCUT2D eigenvalue weighted by molar-refractivity contribution is -0.123. The highest BCUT2D eigenvalue weighted by Crippen LogP contribution is 2.38. The summed E-state index contributed by atoms with van der Waals surface area (Å²) in [5.74, 6) is -0.764. The molecule has 2 atom stereocenters. The summed E-state index contributed by atoms with van der Waals surface area (Å²) in [6, 6.07) is 8.01. The Morgan fingerprint density at radius 3 is 2.46 bits per heavy atom. The Morgan fingerprint density at radius 1 is 1.17 bits per heavy atom. The molecule has 1 saturated heterocycles. The first-order valence-corrected chi connectivity index (χ1v) is 8.55. The molecule has 128 valence electrons. The van der Waals surface area contributed by atoms with Crippen molar-refractivity contribution in [2.75, 3.05) is 4.90 Å². The molecule has 1 heterocycles. The summed E-state index contributed by atoms with van der Waals surface area (Å²) in [6.07, 6.45) is 5.43. The molecule has 2 aliphatic rings.